The molecule has 0 spiro atoms. The minimum Gasteiger partial charge on any atom is -0.361 e. The van der Waals surface area contributed by atoms with Crippen LogP contribution in [0.5, 0.6) is 0 Å². The van der Waals surface area contributed by atoms with Gasteiger partial charge in [-0.1, -0.05) is 11.2 Å². The summed E-state index contributed by atoms with van der Waals surface area (Å²) in [5.74, 6) is 0.849. The van der Waals surface area contributed by atoms with Crippen molar-refractivity contribution in [2.45, 2.75) is 52.1 Å². The highest BCUT2D eigenvalue weighted by Gasteiger charge is 2.37. The van der Waals surface area contributed by atoms with Gasteiger partial charge in [0.05, 0.1) is 23.9 Å². The van der Waals surface area contributed by atoms with Crippen molar-refractivity contribution in [3.63, 3.8) is 0 Å². The Morgan fingerprint density at radius 3 is 2.73 bits per heavy atom. The standard InChI is InChI=1S/C17H21N3O2/c1-11-15(13(3)22-19-11)10-17(21)20(14-7-8-14)12(2)16-6-4-5-9-18-16/h4-6,9,12,14H,7-8,10H2,1-3H3/t12-/m0/s1. The Bertz CT molecular complexity index is 642. The van der Waals surface area contributed by atoms with Gasteiger partial charge in [0.15, 0.2) is 0 Å². The van der Waals surface area contributed by atoms with Crippen LogP contribution in [0.1, 0.15) is 48.5 Å². The molecular formula is C17H21N3O2. The van der Waals surface area contributed by atoms with E-state index >= 15 is 0 Å². The molecule has 2 aromatic rings. The van der Waals surface area contributed by atoms with Crippen LogP contribution in [-0.4, -0.2) is 27.0 Å². The van der Waals surface area contributed by atoms with Gasteiger partial charge in [-0.05, 0) is 45.7 Å². The first-order valence-corrected chi connectivity index (χ1v) is 7.71. The third-order valence-corrected chi connectivity index (χ3v) is 4.27. The SMILES string of the molecule is Cc1noc(C)c1CC(=O)N(C1CC1)[C@@H](C)c1ccccn1. The number of carbonyl (C=O) groups excluding carboxylic acids is 1. The van der Waals surface area contributed by atoms with Crippen LogP contribution in [0.15, 0.2) is 28.9 Å². The molecule has 1 saturated carbocycles. The molecule has 2 aromatic heterocycles. The molecule has 0 saturated heterocycles. The van der Waals surface area contributed by atoms with Crippen molar-refractivity contribution >= 4 is 5.91 Å². The molecule has 1 fully saturated rings. The van der Waals surface area contributed by atoms with Gasteiger partial charge in [0.25, 0.3) is 0 Å². The molecular weight excluding hydrogens is 278 g/mol. The van der Waals surface area contributed by atoms with Crippen LogP contribution < -0.4 is 0 Å². The van der Waals surface area contributed by atoms with Gasteiger partial charge in [0, 0.05) is 17.8 Å². The Labute approximate surface area is 130 Å². The summed E-state index contributed by atoms with van der Waals surface area (Å²) in [6.07, 6.45) is 4.26. The number of aromatic nitrogens is 2. The molecule has 116 valence electrons. The van der Waals surface area contributed by atoms with Gasteiger partial charge in [-0.3, -0.25) is 9.78 Å². The predicted molar refractivity (Wildman–Crippen MR) is 82.2 cm³/mol. The molecule has 0 radical (unpaired) electrons. The highest BCUT2D eigenvalue weighted by Crippen LogP contribution is 2.34. The number of amides is 1. The van der Waals surface area contributed by atoms with Crippen LogP contribution >= 0.6 is 0 Å². The van der Waals surface area contributed by atoms with Crippen LogP contribution in [0.25, 0.3) is 0 Å². The van der Waals surface area contributed by atoms with Crippen molar-refractivity contribution in [2.24, 2.45) is 0 Å². The van der Waals surface area contributed by atoms with E-state index in [1.165, 1.54) is 0 Å². The van der Waals surface area contributed by atoms with Gasteiger partial charge in [0.2, 0.25) is 5.91 Å². The Kier molecular flexibility index (Phi) is 3.96. The predicted octanol–water partition coefficient (Wildman–Crippen LogP) is 2.98. The summed E-state index contributed by atoms with van der Waals surface area (Å²) in [7, 11) is 0. The Hall–Kier alpha value is -2.17. The van der Waals surface area contributed by atoms with E-state index in [9.17, 15) is 4.79 Å². The second kappa shape index (κ2) is 5.91. The number of aryl methyl sites for hydroxylation is 2. The molecule has 5 heteroatoms. The first-order valence-electron chi connectivity index (χ1n) is 7.71. The van der Waals surface area contributed by atoms with E-state index in [0.717, 1.165) is 35.6 Å². The second-order valence-corrected chi connectivity index (χ2v) is 5.94. The van der Waals surface area contributed by atoms with Crippen molar-refractivity contribution < 1.29 is 9.32 Å². The van der Waals surface area contributed by atoms with E-state index < -0.39 is 0 Å². The molecule has 0 aliphatic heterocycles. The van der Waals surface area contributed by atoms with Crippen LogP contribution in [-0.2, 0) is 11.2 Å². The van der Waals surface area contributed by atoms with E-state index in [1.807, 2.05) is 43.9 Å². The summed E-state index contributed by atoms with van der Waals surface area (Å²) in [5, 5.41) is 3.93. The van der Waals surface area contributed by atoms with Crippen LogP contribution in [0.2, 0.25) is 0 Å². The minimum absolute atomic E-state index is 0.0123. The average Bonchev–Trinajstić information content (AvgIpc) is 3.30. The third-order valence-electron chi connectivity index (χ3n) is 4.27. The number of nitrogens with zero attached hydrogens (tertiary/aromatic N) is 3. The molecule has 1 amide bonds. The van der Waals surface area contributed by atoms with Crippen LogP contribution in [0, 0.1) is 13.8 Å². The molecule has 0 N–H and O–H groups in total. The molecule has 5 nitrogen and oxygen atoms in total. The van der Waals surface area contributed by atoms with Crippen molar-refractivity contribution in [2.75, 3.05) is 0 Å². The monoisotopic (exact) mass is 299 g/mol. The Balaban J connectivity index is 1.81. The topological polar surface area (TPSA) is 59.2 Å². The largest absolute Gasteiger partial charge is 0.361 e. The average molecular weight is 299 g/mol. The van der Waals surface area contributed by atoms with Gasteiger partial charge in [-0.15, -0.1) is 0 Å². The molecule has 0 bridgehead atoms. The van der Waals surface area contributed by atoms with E-state index in [1.54, 1.807) is 6.20 Å². The van der Waals surface area contributed by atoms with Gasteiger partial charge >= 0.3 is 0 Å². The molecule has 1 aliphatic carbocycles. The summed E-state index contributed by atoms with van der Waals surface area (Å²) >= 11 is 0. The lowest BCUT2D eigenvalue weighted by Gasteiger charge is -2.29. The fourth-order valence-electron chi connectivity index (χ4n) is 2.85. The van der Waals surface area contributed by atoms with Crippen LogP contribution in [0.3, 0.4) is 0 Å². The summed E-state index contributed by atoms with van der Waals surface area (Å²) in [5.41, 5.74) is 2.64. The van der Waals surface area contributed by atoms with E-state index in [-0.39, 0.29) is 11.9 Å². The van der Waals surface area contributed by atoms with E-state index in [4.69, 9.17) is 4.52 Å². The van der Waals surface area contributed by atoms with Crippen molar-refractivity contribution in [3.05, 3.63) is 47.1 Å². The van der Waals surface area contributed by atoms with Crippen molar-refractivity contribution in [1.82, 2.24) is 15.0 Å². The summed E-state index contributed by atoms with van der Waals surface area (Å²) in [6.45, 7) is 5.78. The molecule has 1 atom stereocenters. The second-order valence-electron chi connectivity index (χ2n) is 5.94. The van der Waals surface area contributed by atoms with Gasteiger partial charge < -0.3 is 9.42 Å². The molecule has 0 aromatic carbocycles. The van der Waals surface area contributed by atoms with E-state index in [2.05, 4.69) is 10.1 Å². The normalized spacial score (nSPS) is 15.6. The maximum absolute atomic E-state index is 12.8. The fourth-order valence-corrected chi connectivity index (χ4v) is 2.85. The van der Waals surface area contributed by atoms with Gasteiger partial charge in [-0.25, -0.2) is 0 Å². The van der Waals surface area contributed by atoms with Gasteiger partial charge in [-0.2, -0.15) is 0 Å². The van der Waals surface area contributed by atoms with Crippen molar-refractivity contribution in [3.8, 4) is 0 Å². The number of hydrogen-bond acceptors (Lipinski definition) is 4. The Morgan fingerprint density at radius 1 is 1.41 bits per heavy atom. The highest BCUT2D eigenvalue weighted by atomic mass is 16.5. The number of carbonyl (C=O) groups is 1. The van der Waals surface area contributed by atoms with E-state index in [0.29, 0.717) is 12.5 Å². The minimum atomic E-state index is -0.0123. The van der Waals surface area contributed by atoms with Crippen LogP contribution in [0.4, 0.5) is 0 Å². The quantitative estimate of drug-likeness (QED) is 0.851. The zero-order valence-electron chi connectivity index (χ0n) is 13.2. The molecule has 22 heavy (non-hydrogen) atoms. The van der Waals surface area contributed by atoms with Crippen molar-refractivity contribution in [1.29, 1.82) is 0 Å². The zero-order chi connectivity index (χ0) is 15.7. The van der Waals surface area contributed by atoms with Gasteiger partial charge in [0.1, 0.15) is 5.76 Å². The number of rotatable bonds is 5. The number of pyridine rings is 1. The third kappa shape index (κ3) is 2.89. The lowest BCUT2D eigenvalue weighted by Crippen LogP contribution is -2.37. The first-order chi connectivity index (χ1) is 10.6. The Morgan fingerprint density at radius 2 is 2.18 bits per heavy atom. The molecule has 1 aliphatic rings. The fraction of sp³-hybridized carbons (Fsp3) is 0.471. The summed E-state index contributed by atoms with van der Waals surface area (Å²) in [4.78, 5) is 19.2. The number of hydrogen-bond donors (Lipinski definition) is 0. The molecule has 2 heterocycles. The first kappa shape index (κ1) is 14.8. The zero-order valence-corrected chi connectivity index (χ0v) is 13.2. The summed E-state index contributed by atoms with van der Waals surface area (Å²) in [6, 6.07) is 6.15. The molecule has 3 rings (SSSR count). The smallest absolute Gasteiger partial charge is 0.228 e. The molecule has 0 unspecified atom stereocenters. The summed E-state index contributed by atoms with van der Waals surface area (Å²) < 4.78 is 5.16. The maximum Gasteiger partial charge on any atom is 0.228 e. The maximum atomic E-state index is 12.8. The lowest BCUT2D eigenvalue weighted by atomic mass is 10.1. The highest BCUT2D eigenvalue weighted by molar-refractivity contribution is 5.80. The lowest BCUT2D eigenvalue weighted by molar-refractivity contribution is -0.133.